The van der Waals surface area contributed by atoms with Crippen molar-refractivity contribution in [3.05, 3.63) is 21.9 Å². The second kappa shape index (κ2) is 7.45. The number of hydrogen-bond donors (Lipinski definition) is 2. The first-order valence-corrected chi connectivity index (χ1v) is 8.15. The normalized spacial score (nSPS) is 20.9. The van der Waals surface area contributed by atoms with Gasteiger partial charge in [0.15, 0.2) is 0 Å². The third-order valence-corrected chi connectivity index (χ3v) is 4.82. The lowest BCUT2D eigenvalue weighted by Crippen LogP contribution is -2.49. The van der Waals surface area contributed by atoms with Gasteiger partial charge < -0.3 is 20.1 Å². The minimum absolute atomic E-state index is 0.156. The van der Waals surface area contributed by atoms with Crippen LogP contribution in [-0.4, -0.2) is 48.2 Å². The first-order chi connectivity index (χ1) is 10.9. The quantitative estimate of drug-likeness (QED) is 0.815. The molecule has 2 heterocycles. The van der Waals surface area contributed by atoms with Crippen LogP contribution in [0.2, 0.25) is 0 Å². The summed E-state index contributed by atoms with van der Waals surface area (Å²) in [6.45, 7) is 3.01. The highest BCUT2D eigenvalue weighted by Gasteiger charge is 2.31. The van der Waals surface area contributed by atoms with Crippen molar-refractivity contribution in [2.75, 3.05) is 20.2 Å². The van der Waals surface area contributed by atoms with Gasteiger partial charge in [0, 0.05) is 18.0 Å². The summed E-state index contributed by atoms with van der Waals surface area (Å²) in [5.41, 5.74) is 0. The van der Waals surface area contributed by atoms with E-state index in [0.717, 1.165) is 4.88 Å². The molecule has 0 spiro atoms. The van der Waals surface area contributed by atoms with Crippen molar-refractivity contribution >= 4 is 29.3 Å². The zero-order valence-corrected chi connectivity index (χ0v) is 13.9. The summed E-state index contributed by atoms with van der Waals surface area (Å²) in [7, 11) is 1.32. The Morgan fingerprint density at radius 2 is 2.13 bits per heavy atom. The molecule has 0 bridgehead atoms. The van der Waals surface area contributed by atoms with Crippen LogP contribution in [0.5, 0.6) is 0 Å². The molecule has 1 saturated heterocycles. The van der Waals surface area contributed by atoms with E-state index in [1.54, 1.807) is 17.0 Å². The second-order valence-electron chi connectivity index (χ2n) is 5.70. The van der Waals surface area contributed by atoms with Crippen LogP contribution >= 0.6 is 11.3 Å². The van der Waals surface area contributed by atoms with Crippen LogP contribution in [0.1, 0.15) is 27.9 Å². The number of carbonyl (C=O) groups is 3. The molecule has 2 unspecified atom stereocenters. The number of nitrogens with zero attached hydrogens (tertiary/aromatic N) is 1. The molecular weight excluding hydrogens is 320 g/mol. The highest BCUT2D eigenvalue weighted by molar-refractivity contribution is 7.13. The Morgan fingerprint density at radius 1 is 1.39 bits per heavy atom. The second-order valence-corrected chi connectivity index (χ2v) is 6.87. The van der Waals surface area contributed by atoms with Crippen LogP contribution in [0, 0.1) is 11.8 Å². The van der Waals surface area contributed by atoms with Crippen LogP contribution in [0.25, 0.3) is 0 Å². The number of likely N-dealkylation sites (tertiary alicyclic amines) is 1. The van der Waals surface area contributed by atoms with Crippen molar-refractivity contribution in [2.24, 2.45) is 11.8 Å². The zero-order chi connectivity index (χ0) is 17.0. The molecule has 0 saturated carbocycles. The number of rotatable bonds is 4. The molecule has 2 atom stereocenters. The number of piperidine rings is 1. The monoisotopic (exact) mass is 340 g/mol. The van der Waals surface area contributed by atoms with Gasteiger partial charge in [-0.25, -0.2) is 9.59 Å². The van der Waals surface area contributed by atoms with E-state index < -0.39 is 17.9 Å². The van der Waals surface area contributed by atoms with Crippen molar-refractivity contribution in [1.82, 2.24) is 10.2 Å². The number of urea groups is 1. The van der Waals surface area contributed by atoms with Crippen LogP contribution in [0.3, 0.4) is 0 Å². The molecule has 0 radical (unpaired) electrons. The summed E-state index contributed by atoms with van der Waals surface area (Å²) in [4.78, 5) is 37.6. The van der Waals surface area contributed by atoms with Gasteiger partial charge in [-0.2, -0.15) is 0 Å². The lowest BCUT2D eigenvalue weighted by atomic mass is 9.91. The zero-order valence-electron chi connectivity index (χ0n) is 13.1. The summed E-state index contributed by atoms with van der Waals surface area (Å²) in [6.07, 6.45) is 0.590. The molecule has 2 rings (SSSR count). The fourth-order valence-corrected chi connectivity index (χ4v) is 3.52. The number of carboxylic acid groups (broad SMARTS) is 1. The van der Waals surface area contributed by atoms with Crippen molar-refractivity contribution < 1.29 is 24.2 Å². The molecule has 0 aromatic carbocycles. The fourth-order valence-electron chi connectivity index (χ4n) is 2.65. The molecule has 7 nitrogen and oxygen atoms in total. The fraction of sp³-hybridized carbons (Fsp3) is 0.533. The number of methoxy groups -OCH3 is 1. The van der Waals surface area contributed by atoms with E-state index in [-0.39, 0.29) is 18.5 Å². The third kappa shape index (κ3) is 4.44. The molecule has 1 aromatic heterocycles. The predicted octanol–water partition coefficient (Wildman–Crippen LogP) is 1.79. The topological polar surface area (TPSA) is 95.9 Å². The van der Waals surface area contributed by atoms with Crippen molar-refractivity contribution in [3.63, 3.8) is 0 Å². The number of esters is 1. The van der Waals surface area contributed by atoms with Gasteiger partial charge in [-0.15, -0.1) is 11.3 Å². The smallest absolute Gasteiger partial charge is 0.348 e. The number of ether oxygens (including phenoxy) is 1. The average molecular weight is 340 g/mol. The number of hydrogen-bond acceptors (Lipinski definition) is 5. The Kier molecular flexibility index (Phi) is 5.59. The van der Waals surface area contributed by atoms with Crippen LogP contribution in [0.15, 0.2) is 12.1 Å². The minimum Gasteiger partial charge on any atom is -0.481 e. The van der Waals surface area contributed by atoms with Crippen LogP contribution in [0.4, 0.5) is 4.79 Å². The van der Waals surface area contributed by atoms with E-state index in [1.807, 2.05) is 6.92 Å². The summed E-state index contributed by atoms with van der Waals surface area (Å²) >= 11 is 1.26. The summed E-state index contributed by atoms with van der Waals surface area (Å²) < 4.78 is 4.64. The standard InChI is InChI=1S/C15H20N2O5S/c1-9-5-10(13(18)19)8-17(7-9)15(21)16-6-11-3-4-12(23-11)14(20)22-2/h3-4,9-10H,5-8H2,1-2H3,(H,16,21)(H,18,19). The summed E-state index contributed by atoms with van der Waals surface area (Å²) in [6, 6.07) is 3.13. The van der Waals surface area contributed by atoms with E-state index in [1.165, 1.54) is 18.4 Å². The van der Waals surface area contributed by atoms with Gasteiger partial charge in [0.05, 0.1) is 19.6 Å². The number of nitrogens with one attached hydrogen (secondary N) is 1. The Hall–Kier alpha value is -2.09. The molecule has 1 fully saturated rings. The number of carboxylic acids is 1. The Bertz CT molecular complexity index is 600. The lowest BCUT2D eigenvalue weighted by Gasteiger charge is -2.34. The molecular formula is C15H20N2O5S. The highest BCUT2D eigenvalue weighted by Crippen LogP contribution is 2.22. The van der Waals surface area contributed by atoms with Gasteiger partial charge in [0.2, 0.25) is 0 Å². The molecule has 23 heavy (non-hydrogen) atoms. The maximum Gasteiger partial charge on any atom is 0.348 e. The maximum atomic E-state index is 12.2. The minimum atomic E-state index is -0.865. The molecule has 1 aliphatic heterocycles. The number of thiophene rings is 1. The third-order valence-electron chi connectivity index (χ3n) is 3.76. The molecule has 2 amide bonds. The lowest BCUT2D eigenvalue weighted by molar-refractivity contribution is -0.143. The number of amides is 2. The maximum absolute atomic E-state index is 12.2. The molecule has 2 N–H and O–H groups in total. The van der Waals surface area contributed by atoms with E-state index in [0.29, 0.717) is 24.4 Å². The largest absolute Gasteiger partial charge is 0.481 e. The summed E-state index contributed by atoms with van der Waals surface area (Å²) in [5, 5.41) is 11.9. The van der Waals surface area contributed by atoms with Crippen LogP contribution < -0.4 is 5.32 Å². The number of aliphatic carboxylic acids is 1. The van der Waals surface area contributed by atoms with Gasteiger partial charge in [0.1, 0.15) is 4.88 Å². The SMILES string of the molecule is COC(=O)c1ccc(CNC(=O)N2CC(C)CC(C(=O)O)C2)s1. The highest BCUT2D eigenvalue weighted by atomic mass is 32.1. The van der Waals surface area contributed by atoms with Crippen molar-refractivity contribution in [1.29, 1.82) is 0 Å². The molecule has 1 aromatic rings. The Labute approximate surface area is 138 Å². The first-order valence-electron chi connectivity index (χ1n) is 7.33. The van der Waals surface area contributed by atoms with E-state index in [2.05, 4.69) is 10.1 Å². The van der Waals surface area contributed by atoms with Gasteiger partial charge >= 0.3 is 18.0 Å². The molecule has 126 valence electrons. The first kappa shape index (κ1) is 17.3. The van der Waals surface area contributed by atoms with Crippen molar-refractivity contribution in [3.8, 4) is 0 Å². The molecule has 1 aliphatic rings. The average Bonchev–Trinajstić information content (AvgIpc) is 3.00. The van der Waals surface area contributed by atoms with Crippen molar-refractivity contribution in [2.45, 2.75) is 19.9 Å². The molecule has 8 heteroatoms. The summed E-state index contributed by atoms with van der Waals surface area (Å²) in [5.74, 6) is -1.63. The predicted molar refractivity (Wildman–Crippen MR) is 84.4 cm³/mol. The van der Waals surface area contributed by atoms with E-state index >= 15 is 0 Å². The Morgan fingerprint density at radius 3 is 2.78 bits per heavy atom. The van der Waals surface area contributed by atoms with Crippen LogP contribution in [-0.2, 0) is 16.1 Å². The van der Waals surface area contributed by atoms with E-state index in [9.17, 15) is 14.4 Å². The van der Waals surface area contributed by atoms with Gasteiger partial charge in [-0.3, -0.25) is 4.79 Å². The van der Waals surface area contributed by atoms with Gasteiger partial charge in [-0.05, 0) is 24.5 Å². The van der Waals surface area contributed by atoms with Gasteiger partial charge in [-0.1, -0.05) is 6.92 Å². The number of carbonyl (C=O) groups excluding carboxylic acids is 2. The Balaban J connectivity index is 1.90. The molecule has 0 aliphatic carbocycles. The van der Waals surface area contributed by atoms with E-state index in [4.69, 9.17) is 5.11 Å². The van der Waals surface area contributed by atoms with Gasteiger partial charge in [0.25, 0.3) is 0 Å².